The van der Waals surface area contributed by atoms with Crippen LogP contribution in [0.4, 0.5) is 4.39 Å². The normalized spacial score (nSPS) is 16.0. The monoisotopic (exact) mass is 306 g/mol. The number of amides is 1. The number of benzene rings is 1. The minimum absolute atomic E-state index is 0.188. The fraction of sp³-hybridized carbons (Fsp3) is 0.611. The molecule has 2 rings (SSSR count). The van der Waals surface area contributed by atoms with Gasteiger partial charge in [-0.15, -0.1) is 0 Å². The van der Waals surface area contributed by atoms with Gasteiger partial charge < -0.3 is 4.90 Å². The Morgan fingerprint density at radius 1 is 1.27 bits per heavy atom. The van der Waals surface area contributed by atoms with Gasteiger partial charge in [-0.3, -0.25) is 9.69 Å². The van der Waals surface area contributed by atoms with E-state index in [4.69, 9.17) is 0 Å². The highest BCUT2D eigenvalue weighted by molar-refractivity contribution is 5.78. The Kier molecular flexibility index (Phi) is 6.37. The maximum absolute atomic E-state index is 13.2. The average molecular weight is 306 g/mol. The molecule has 0 atom stereocenters. The van der Waals surface area contributed by atoms with Gasteiger partial charge in [-0.2, -0.15) is 0 Å². The van der Waals surface area contributed by atoms with Crippen LogP contribution in [0.2, 0.25) is 0 Å². The fourth-order valence-electron chi connectivity index (χ4n) is 3.36. The molecule has 0 N–H and O–H groups in total. The molecule has 0 aromatic heterocycles. The first-order chi connectivity index (χ1) is 10.6. The maximum atomic E-state index is 13.2. The van der Waals surface area contributed by atoms with Crippen LogP contribution in [0, 0.1) is 5.82 Å². The second kappa shape index (κ2) is 8.28. The lowest BCUT2D eigenvalue weighted by Crippen LogP contribution is -2.45. The summed E-state index contributed by atoms with van der Waals surface area (Å²) in [4.78, 5) is 16.5. The second-order valence-corrected chi connectivity index (χ2v) is 6.27. The molecule has 0 heterocycles. The van der Waals surface area contributed by atoms with Crippen LogP contribution in [0.3, 0.4) is 0 Å². The van der Waals surface area contributed by atoms with Gasteiger partial charge in [0.15, 0.2) is 0 Å². The van der Waals surface area contributed by atoms with Crippen LogP contribution in [-0.2, 0) is 11.3 Å². The second-order valence-electron chi connectivity index (χ2n) is 6.27. The fourth-order valence-corrected chi connectivity index (χ4v) is 3.36. The highest BCUT2D eigenvalue weighted by Crippen LogP contribution is 2.22. The lowest BCUT2D eigenvalue weighted by atomic mass is 9.94. The third-order valence-corrected chi connectivity index (χ3v) is 4.42. The van der Waals surface area contributed by atoms with Gasteiger partial charge in [0, 0.05) is 19.1 Å². The van der Waals surface area contributed by atoms with E-state index in [0.29, 0.717) is 19.1 Å². The molecule has 122 valence electrons. The Labute approximate surface area is 133 Å². The minimum Gasteiger partial charge on any atom is -0.339 e. The van der Waals surface area contributed by atoms with Gasteiger partial charge in [-0.1, -0.05) is 31.4 Å². The largest absolute Gasteiger partial charge is 0.339 e. The highest BCUT2D eigenvalue weighted by Gasteiger charge is 2.24. The Morgan fingerprint density at radius 2 is 2.00 bits per heavy atom. The van der Waals surface area contributed by atoms with E-state index in [0.717, 1.165) is 24.9 Å². The lowest BCUT2D eigenvalue weighted by Gasteiger charge is -2.34. The number of nitrogens with zero attached hydrogens (tertiary/aromatic N) is 2. The molecule has 1 saturated carbocycles. The van der Waals surface area contributed by atoms with Crippen molar-refractivity contribution < 1.29 is 9.18 Å². The number of carbonyl (C=O) groups excluding carboxylic acids is 1. The SMILES string of the molecule is CCN(C(=O)CN(C)Cc1cccc(F)c1)C1CCCCC1. The van der Waals surface area contributed by atoms with E-state index in [9.17, 15) is 9.18 Å². The van der Waals surface area contributed by atoms with Crippen molar-refractivity contribution in [2.24, 2.45) is 0 Å². The Morgan fingerprint density at radius 3 is 2.64 bits per heavy atom. The van der Waals surface area contributed by atoms with Crippen molar-refractivity contribution in [3.63, 3.8) is 0 Å². The quantitative estimate of drug-likeness (QED) is 0.804. The number of carbonyl (C=O) groups is 1. The topological polar surface area (TPSA) is 23.6 Å². The summed E-state index contributed by atoms with van der Waals surface area (Å²) in [5, 5.41) is 0. The summed E-state index contributed by atoms with van der Waals surface area (Å²) in [6.07, 6.45) is 6.02. The zero-order valence-corrected chi connectivity index (χ0v) is 13.7. The molecule has 1 aromatic rings. The molecule has 1 aromatic carbocycles. The summed E-state index contributed by atoms with van der Waals surface area (Å²) in [6, 6.07) is 6.98. The molecule has 0 saturated heterocycles. The zero-order valence-electron chi connectivity index (χ0n) is 13.7. The number of hydrogen-bond donors (Lipinski definition) is 0. The van der Waals surface area contributed by atoms with Gasteiger partial charge in [-0.25, -0.2) is 4.39 Å². The highest BCUT2D eigenvalue weighted by atomic mass is 19.1. The summed E-state index contributed by atoms with van der Waals surface area (Å²) in [6.45, 7) is 3.81. The van der Waals surface area contributed by atoms with Crippen LogP contribution in [0.1, 0.15) is 44.6 Å². The number of rotatable bonds is 6. The van der Waals surface area contributed by atoms with Crippen LogP contribution in [0.5, 0.6) is 0 Å². The van der Waals surface area contributed by atoms with Crippen LogP contribution >= 0.6 is 0 Å². The van der Waals surface area contributed by atoms with Gasteiger partial charge in [0.1, 0.15) is 5.82 Å². The van der Waals surface area contributed by atoms with E-state index in [1.54, 1.807) is 6.07 Å². The molecule has 1 fully saturated rings. The molecule has 1 amide bonds. The third kappa shape index (κ3) is 4.80. The van der Waals surface area contributed by atoms with Crippen LogP contribution < -0.4 is 0 Å². The van der Waals surface area contributed by atoms with Crippen molar-refractivity contribution >= 4 is 5.91 Å². The smallest absolute Gasteiger partial charge is 0.236 e. The molecule has 0 bridgehead atoms. The summed E-state index contributed by atoms with van der Waals surface area (Å²) >= 11 is 0. The van der Waals surface area contributed by atoms with Crippen molar-refractivity contribution in [1.29, 1.82) is 0 Å². The summed E-state index contributed by atoms with van der Waals surface area (Å²) in [7, 11) is 1.91. The van der Waals surface area contributed by atoms with E-state index in [-0.39, 0.29) is 11.7 Å². The van der Waals surface area contributed by atoms with Gasteiger partial charge in [0.05, 0.1) is 6.54 Å². The number of likely N-dealkylation sites (N-methyl/N-ethyl adjacent to an activating group) is 2. The Bertz CT molecular complexity index is 486. The maximum Gasteiger partial charge on any atom is 0.236 e. The summed E-state index contributed by atoms with van der Waals surface area (Å²) in [5.74, 6) is -0.0390. The van der Waals surface area contributed by atoms with Gasteiger partial charge in [-0.05, 0) is 44.5 Å². The van der Waals surface area contributed by atoms with Crippen LogP contribution in [-0.4, -0.2) is 41.9 Å². The molecule has 0 radical (unpaired) electrons. The van der Waals surface area contributed by atoms with Crippen molar-refractivity contribution in [3.8, 4) is 0 Å². The molecule has 4 heteroatoms. The van der Waals surface area contributed by atoms with E-state index in [2.05, 4.69) is 6.92 Å². The van der Waals surface area contributed by atoms with Crippen LogP contribution in [0.15, 0.2) is 24.3 Å². The predicted molar refractivity (Wildman–Crippen MR) is 87.0 cm³/mol. The molecule has 0 unspecified atom stereocenters. The van der Waals surface area contributed by atoms with Gasteiger partial charge in [0.25, 0.3) is 0 Å². The standard InChI is InChI=1S/C18H27FN2O/c1-3-21(17-10-5-4-6-11-17)18(22)14-20(2)13-15-8-7-9-16(19)12-15/h7-9,12,17H,3-6,10-11,13-14H2,1-2H3. The predicted octanol–water partition coefficient (Wildman–Crippen LogP) is 3.44. The Hall–Kier alpha value is -1.42. The average Bonchev–Trinajstić information content (AvgIpc) is 2.49. The van der Waals surface area contributed by atoms with Crippen molar-refractivity contribution in [1.82, 2.24) is 9.80 Å². The molecular weight excluding hydrogens is 279 g/mol. The first kappa shape index (κ1) is 16.9. The molecular formula is C18H27FN2O. The summed E-state index contributed by atoms with van der Waals surface area (Å²) < 4.78 is 13.2. The lowest BCUT2D eigenvalue weighted by molar-refractivity contribution is -0.135. The molecule has 1 aliphatic carbocycles. The first-order valence-electron chi connectivity index (χ1n) is 8.32. The van der Waals surface area contributed by atoms with Crippen LogP contribution in [0.25, 0.3) is 0 Å². The third-order valence-electron chi connectivity index (χ3n) is 4.42. The minimum atomic E-state index is -0.227. The van der Waals surface area contributed by atoms with Crippen molar-refractivity contribution in [2.75, 3.05) is 20.1 Å². The number of hydrogen-bond acceptors (Lipinski definition) is 2. The molecule has 0 aliphatic heterocycles. The van der Waals surface area contributed by atoms with Crippen molar-refractivity contribution in [2.45, 2.75) is 51.6 Å². The van der Waals surface area contributed by atoms with Gasteiger partial charge >= 0.3 is 0 Å². The van der Waals surface area contributed by atoms with Gasteiger partial charge in [0.2, 0.25) is 5.91 Å². The Balaban J connectivity index is 1.88. The first-order valence-corrected chi connectivity index (χ1v) is 8.32. The summed E-state index contributed by atoms with van der Waals surface area (Å²) in [5.41, 5.74) is 0.899. The van der Waals surface area contributed by atoms with E-state index in [1.807, 2.05) is 22.9 Å². The molecule has 1 aliphatic rings. The van der Waals surface area contributed by atoms with Crippen molar-refractivity contribution in [3.05, 3.63) is 35.6 Å². The number of halogens is 1. The van der Waals surface area contributed by atoms with E-state index in [1.165, 1.54) is 31.4 Å². The van der Waals surface area contributed by atoms with E-state index >= 15 is 0 Å². The molecule has 0 spiro atoms. The van der Waals surface area contributed by atoms with E-state index < -0.39 is 0 Å². The molecule has 22 heavy (non-hydrogen) atoms. The zero-order chi connectivity index (χ0) is 15.9. The molecule has 3 nitrogen and oxygen atoms in total.